The second kappa shape index (κ2) is 5.47. The molecule has 2 rings (SSSR count). The van der Waals surface area contributed by atoms with Crippen LogP contribution in [0.5, 0.6) is 0 Å². The molecule has 0 unspecified atom stereocenters. The van der Waals surface area contributed by atoms with Crippen LogP contribution in [0.15, 0.2) is 16.8 Å². The Morgan fingerprint density at radius 2 is 2.24 bits per heavy atom. The quantitative estimate of drug-likeness (QED) is 0.858. The van der Waals surface area contributed by atoms with E-state index in [2.05, 4.69) is 16.9 Å². The number of rotatable bonds is 4. The average molecular weight is 268 g/mol. The molecular formula is C12H14ClN3S. The van der Waals surface area contributed by atoms with Gasteiger partial charge in [0, 0.05) is 16.5 Å². The van der Waals surface area contributed by atoms with Gasteiger partial charge in [-0.15, -0.1) is 0 Å². The average Bonchev–Trinajstić information content (AvgIpc) is 2.80. The molecule has 0 amide bonds. The van der Waals surface area contributed by atoms with Crippen molar-refractivity contribution in [1.82, 2.24) is 9.97 Å². The first-order valence-corrected chi connectivity index (χ1v) is 6.89. The van der Waals surface area contributed by atoms with Crippen molar-refractivity contribution < 1.29 is 0 Å². The summed E-state index contributed by atoms with van der Waals surface area (Å²) in [7, 11) is 0. The van der Waals surface area contributed by atoms with E-state index in [1.165, 1.54) is 0 Å². The number of unbranched alkanes of at least 4 members (excludes halogenated alkanes) is 1. The minimum Gasteiger partial charge on any atom is -0.368 e. The lowest BCUT2D eigenvalue weighted by molar-refractivity contribution is 0.790. The van der Waals surface area contributed by atoms with E-state index >= 15 is 0 Å². The fourth-order valence-corrected chi connectivity index (χ4v) is 2.60. The van der Waals surface area contributed by atoms with Gasteiger partial charge in [-0.2, -0.15) is 11.3 Å². The molecule has 0 aliphatic carbocycles. The highest BCUT2D eigenvalue weighted by Gasteiger charge is 2.13. The topological polar surface area (TPSA) is 51.8 Å². The summed E-state index contributed by atoms with van der Waals surface area (Å²) in [6, 6.07) is 2.03. The van der Waals surface area contributed by atoms with Crippen LogP contribution in [-0.2, 0) is 6.42 Å². The van der Waals surface area contributed by atoms with Gasteiger partial charge in [-0.3, -0.25) is 0 Å². The predicted octanol–water partition coefficient (Wildman–Crippen LogP) is 3.78. The maximum Gasteiger partial charge on any atom is 0.222 e. The van der Waals surface area contributed by atoms with Crippen molar-refractivity contribution in [2.75, 3.05) is 5.73 Å². The third kappa shape index (κ3) is 2.76. The second-order valence-corrected chi connectivity index (χ2v) is 4.95. The highest BCUT2D eigenvalue weighted by atomic mass is 35.5. The standard InChI is InChI=1S/C12H14ClN3S/c1-2-3-4-9-10(8-5-6-17-7-8)15-12(14)16-11(9)13/h5-7H,2-4H2,1H3,(H2,14,15,16). The Morgan fingerprint density at radius 1 is 1.41 bits per heavy atom. The first kappa shape index (κ1) is 12.3. The van der Waals surface area contributed by atoms with Gasteiger partial charge in [0.1, 0.15) is 5.15 Å². The van der Waals surface area contributed by atoms with Gasteiger partial charge < -0.3 is 5.73 Å². The molecule has 0 saturated heterocycles. The van der Waals surface area contributed by atoms with Crippen LogP contribution in [-0.4, -0.2) is 9.97 Å². The van der Waals surface area contributed by atoms with E-state index < -0.39 is 0 Å². The molecule has 0 aliphatic heterocycles. The number of hydrogen-bond donors (Lipinski definition) is 1. The Kier molecular flexibility index (Phi) is 3.97. The monoisotopic (exact) mass is 267 g/mol. The van der Waals surface area contributed by atoms with Gasteiger partial charge in [0.15, 0.2) is 0 Å². The smallest absolute Gasteiger partial charge is 0.222 e. The molecule has 2 aromatic heterocycles. The van der Waals surface area contributed by atoms with Gasteiger partial charge in [-0.25, -0.2) is 9.97 Å². The van der Waals surface area contributed by atoms with E-state index in [-0.39, 0.29) is 5.95 Å². The molecule has 2 heterocycles. The van der Waals surface area contributed by atoms with Crippen LogP contribution in [0.4, 0.5) is 5.95 Å². The van der Waals surface area contributed by atoms with Crippen LogP contribution in [0.2, 0.25) is 5.15 Å². The lowest BCUT2D eigenvalue weighted by Crippen LogP contribution is -2.02. The Hall–Kier alpha value is -1.13. The Morgan fingerprint density at radius 3 is 2.88 bits per heavy atom. The number of aromatic nitrogens is 2. The lowest BCUT2D eigenvalue weighted by atomic mass is 10.1. The summed E-state index contributed by atoms with van der Waals surface area (Å²) < 4.78 is 0. The largest absolute Gasteiger partial charge is 0.368 e. The molecular weight excluding hydrogens is 254 g/mol. The number of halogens is 1. The van der Waals surface area contributed by atoms with Crippen molar-refractivity contribution in [3.63, 3.8) is 0 Å². The summed E-state index contributed by atoms with van der Waals surface area (Å²) in [4.78, 5) is 8.35. The van der Waals surface area contributed by atoms with Gasteiger partial charge in [-0.05, 0) is 24.3 Å². The highest BCUT2D eigenvalue weighted by molar-refractivity contribution is 7.08. The number of nitrogen functional groups attached to an aromatic ring is 1. The van der Waals surface area contributed by atoms with Crippen LogP contribution in [0.3, 0.4) is 0 Å². The Balaban J connectivity index is 2.47. The zero-order valence-electron chi connectivity index (χ0n) is 9.61. The van der Waals surface area contributed by atoms with Gasteiger partial charge in [0.2, 0.25) is 5.95 Å². The van der Waals surface area contributed by atoms with E-state index in [0.717, 1.165) is 36.1 Å². The number of anilines is 1. The molecule has 17 heavy (non-hydrogen) atoms. The summed E-state index contributed by atoms with van der Waals surface area (Å²) in [6.45, 7) is 2.15. The van der Waals surface area contributed by atoms with E-state index in [4.69, 9.17) is 17.3 Å². The lowest BCUT2D eigenvalue weighted by Gasteiger charge is -2.09. The zero-order valence-corrected chi connectivity index (χ0v) is 11.2. The fraction of sp³-hybridized carbons (Fsp3) is 0.333. The molecule has 0 spiro atoms. The minimum atomic E-state index is 0.233. The molecule has 0 fully saturated rings. The summed E-state index contributed by atoms with van der Waals surface area (Å²) in [5, 5.41) is 4.55. The summed E-state index contributed by atoms with van der Waals surface area (Å²) in [6.07, 6.45) is 3.08. The summed E-state index contributed by atoms with van der Waals surface area (Å²) in [5.41, 5.74) is 8.60. The molecule has 0 aliphatic rings. The zero-order chi connectivity index (χ0) is 12.3. The molecule has 0 radical (unpaired) electrons. The predicted molar refractivity (Wildman–Crippen MR) is 73.4 cm³/mol. The van der Waals surface area contributed by atoms with Crippen LogP contribution in [0, 0.1) is 0 Å². The highest BCUT2D eigenvalue weighted by Crippen LogP contribution is 2.29. The molecule has 3 nitrogen and oxygen atoms in total. The third-order valence-corrected chi connectivity index (χ3v) is 3.54. The molecule has 2 N–H and O–H groups in total. The number of hydrogen-bond acceptors (Lipinski definition) is 4. The van der Waals surface area contributed by atoms with Crippen molar-refractivity contribution in [3.05, 3.63) is 27.5 Å². The number of thiophene rings is 1. The normalized spacial score (nSPS) is 10.7. The van der Waals surface area contributed by atoms with Gasteiger partial charge >= 0.3 is 0 Å². The van der Waals surface area contributed by atoms with Crippen molar-refractivity contribution in [3.8, 4) is 11.3 Å². The van der Waals surface area contributed by atoms with Crippen LogP contribution in [0.1, 0.15) is 25.3 Å². The summed E-state index contributed by atoms with van der Waals surface area (Å²) in [5.74, 6) is 0.233. The van der Waals surface area contributed by atoms with Gasteiger partial charge in [-0.1, -0.05) is 24.9 Å². The van der Waals surface area contributed by atoms with E-state index in [1.54, 1.807) is 11.3 Å². The Bertz CT molecular complexity index is 497. The third-order valence-electron chi connectivity index (χ3n) is 2.55. The van der Waals surface area contributed by atoms with Crippen LogP contribution >= 0.6 is 22.9 Å². The molecule has 5 heteroatoms. The maximum absolute atomic E-state index is 6.16. The van der Waals surface area contributed by atoms with Crippen molar-refractivity contribution >= 4 is 28.9 Å². The van der Waals surface area contributed by atoms with E-state index in [1.807, 2.05) is 16.8 Å². The van der Waals surface area contributed by atoms with Gasteiger partial charge in [0.25, 0.3) is 0 Å². The number of nitrogens with two attached hydrogens (primary N) is 1. The minimum absolute atomic E-state index is 0.233. The number of nitrogens with zero attached hydrogens (tertiary/aromatic N) is 2. The van der Waals surface area contributed by atoms with E-state index in [0.29, 0.717) is 5.15 Å². The molecule has 2 aromatic rings. The van der Waals surface area contributed by atoms with Crippen molar-refractivity contribution in [2.24, 2.45) is 0 Å². The second-order valence-electron chi connectivity index (χ2n) is 3.82. The maximum atomic E-state index is 6.16. The van der Waals surface area contributed by atoms with Gasteiger partial charge in [0.05, 0.1) is 5.69 Å². The molecule has 0 atom stereocenters. The van der Waals surface area contributed by atoms with Crippen molar-refractivity contribution in [1.29, 1.82) is 0 Å². The van der Waals surface area contributed by atoms with Crippen LogP contribution < -0.4 is 5.73 Å². The molecule has 0 aromatic carbocycles. The molecule has 0 saturated carbocycles. The van der Waals surface area contributed by atoms with Crippen LogP contribution in [0.25, 0.3) is 11.3 Å². The Labute approximate surface area is 110 Å². The SMILES string of the molecule is CCCCc1c(Cl)nc(N)nc1-c1ccsc1. The first-order chi connectivity index (χ1) is 8.22. The fourth-order valence-electron chi connectivity index (χ4n) is 1.69. The van der Waals surface area contributed by atoms with E-state index in [9.17, 15) is 0 Å². The summed E-state index contributed by atoms with van der Waals surface area (Å²) >= 11 is 7.79. The first-order valence-electron chi connectivity index (χ1n) is 5.56. The molecule has 90 valence electrons. The molecule has 0 bridgehead atoms. The van der Waals surface area contributed by atoms with Crippen molar-refractivity contribution in [2.45, 2.75) is 26.2 Å².